The fourth-order valence-corrected chi connectivity index (χ4v) is 9.24. The van der Waals surface area contributed by atoms with Gasteiger partial charge in [-0.15, -0.1) is 0 Å². The minimum absolute atomic E-state index is 0.0220. The van der Waals surface area contributed by atoms with Crippen molar-refractivity contribution in [1.29, 1.82) is 0 Å². The number of rotatable bonds is 50. The number of carboxylic acids is 1. The van der Waals surface area contributed by atoms with Crippen LogP contribution in [0.5, 0.6) is 0 Å². The van der Waals surface area contributed by atoms with Crippen LogP contribution in [0.4, 0.5) is 0 Å². The van der Waals surface area contributed by atoms with Crippen LogP contribution in [0.1, 0.15) is 288 Å². The van der Waals surface area contributed by atoms with E-state index in [9.17, 15) is 33.6 Å². The standard InChI is InChI=1S/C63H115N3O14/c1-60(2,3)78-52(40-36-32-28-24-20-16-14-15-19-23-27-31-35-39-46-67)57(73)66(54(69)41-37-33-29-25-21-17-12-13-18-22-26-30-34-38-42-56(72)79-61(4,5)6)51(58(74)80-62(7,8)9)43-44-53(68)65-63(10,11)59(75)64-45-47-76-48-49-77-50-55(70)71/h46,51-52H,12-45,47-50H2,1-11H3,(H,64,75)(H,65,68)(H,70,71)/t51-,52?/m0/s1. The Labute approximate surface area is 484 Å². The van der Waals surface area contributed by atoms with Crippen LogP contribution in [0.3, 0.4) is 0 Å². The van der Waals surface area contributed by atoms with Crippen LogP contribution in [0.25, 0.3) is 0 Å². The van der Waals surface area contributed by atoms with Gasteiger partial charge in [-0.25, -0.2) is 9.59 Å². The van der Waals surface area contributed by atoms with Gasteiger partial charge < -0.3 is 44.2 Å². The lowest BCUT2D eigenvalue weighted by molar-refractivity contribution is -0.175. The molecule has 466 valence electrons. The van der Waals surface area contributed by atoms with E-state index in [0.29, 0.717) is 32.1 Å². The lowest BCUT2D eigenvalue weighted by Gasteiger charge is -2.35. The summed E-state index contributed by atoms with van der Waals surface area (Å²) in [6, 6.07) is -1.44. The zero-order valence-electron chi connectivity index (χ0n) is 52.3. The van der Waals surface area contributed by atoms with Gasteiger partial charge in [0, 0.05) is 32.2 Å². The molecule has 0 aromatic heterocycles. The first-order chi connectivity index (χ1) is 37.7. The van der Waals surface area contributed by atoms with Gasteiger partial charge in [0.25, 0.3) is 5.91 Å². The van der Waals surface area contributed by atoms with Crippen LogP contribution in [-0.4, -0.2) is 125 Å². The second-order valence-electron chi connectivity index (χ2n) is 25.3. The number of hydrogen-bond acceptors (Lipinski definition) is 13. The molecular weight excluding hydrogens is 1020 g/mol. The summed E-state index contributed by atoms with van der Waals surface area (Å²) in [7, 11) is 0. The predicted molar refractivity (Wildman–Crippen MR) is 315 cm³/mol. The quantitative estimate of drug-likeness (QED) is 0.0292. The normalized spacial score (nSPS) is 12.8. The first kappa shape index (κ1) is 76.0. The molecule has 4 amide bonds. The second kappa shape index (κ2) is 44.6. The number of esters is 2. The van der Waals surface area contributed by atoms with E-state index < -0.39 is 76.7 Å². The predicted octanol–water partition coefficient (Wildman–Crippen LogP) is 12.8. The van der Waals surface area contributed by atoms with Crippen molar-refractivity contribution in [3.05, 3.63) is 0 Å². The lowest BCUT2D eigenvalue weighted by atomic mass is 10.0. The summed E-state index contributed by atoms with van der Waals surface area (Å²) in [5.74, 6) is -4.23. The molecule has 0 radical (unpaired) electrons. The van der Waals surface area contributed by atoms with Gasteiger partial charge in [0.1, 0.15) is 41.8 Å². The molecule has 0 heterocycles. The van der Waals surface area contributed by atoms with E-state index >= 15 is 4.79 Å². The molecule has 0 fully saturated rings. The van der Waals surface area contributed by atoms with E-state index in [4.69, 9.17) is 28.8 Å². The summed E-state index contributed by atoms with van der Waals surface area (Å²) in [5, 5.41) is 14.2. The van der Waals surface area contributed by atoms with Crippen LogP contribution in [0.15, 0.2) is 0 Å². The van der Waals surface area contributed by atoms with Gasteiger partial charge >= 0.3 is 17.9 Å². The van der Waals surface area contributed by atoms with Crippen LogP contribution in [-0.2, 0) is 62.0 Å². The average Bonchev–Trinajstić information content (AvgIpc) is 3.34. The number of imide groups is 1. The Hall–Kier alpha value is -3.96. The van der Waals surface area contributed by atoms with Crippen molar-refractivity contribution in [2.75, 3.05) is 33.0 Å². The number of ether oxygens (including phenoxy) is 5. The van der Waals surface area contributed by atoms with E-state index in [-0.39, 0.29) is 51.6 Å². The average molecular weight is 1140 g/mol. The first-order valence-corrected chi connectivity index (χ1v) is 31.1. The van der Waals surface area contributed by atoms with Crippen molar-refractivity contribution >= 4 is 47.8 Å². The third-order valence-corrected chi connectivity index (χ3v) is 13.3. The van der Waals surface area contributed by atoms with Gasteiger partial charge in [-0.1, -0.05) is 154 Å². The van der Waals surface area contributed by atoms with Crippen molar-refractivity contribution in [3.63, 3.8) is 0 Å². The topological polar surface area (TPSA) is 230 Å². The highest BCUT2D eigenvalue weighted by molar-refractivity contribution is 6.01. The van der Waals surface area contributed by atoms with Crippen LogP contribution >= 0.6 is 0 Å². The second-order valence-corrected chi connectivity index (χ2v) is 25.3. The van der Waals surface area contributed by atoms with Gasteiger partial charge in [0.15, 0.2) is 0 Å². The van der Waals surface area contributed by atoms with Gasteiger partial charge in [0.2, 0.25) is 17.7 Å². The Morgan fingerprint density at radius 2 is 0.938 bits per heavy atom. The van der Waals surface area contributed by atoms with Crippen LogP contribution in [0, 0.1) is 0 Å². The molecular formula is C63H115N3O14. The zero-order valence-corrected chi connectivity index (χ0v) is 52.3. The number of unbranched alkanes of at least 4 members (excludes halogenated alkanes) is 26. The van der Waals surface area contributed by atoms with Crippen molar-refractivity contribution < 1.29 is 67.1 Å². The third-order valence-electron chi connectivity index (χ3n) is 13.3. The number of nitrogens with zero attached hydrogens (tertiary/aromatic N) is 1. The van der Waals surface area contributed by atoms with E-state index in [0.717, 1.165) is 101 Å². The summed E-state index contributed by atoms with van der Waals surface area (Å²) in [6.07, 6.45) is 29.6. The van der Waals surface area contributed by atoms with Crippen molar-refractivity contribution in [3.8, 4) is 0 Å². The SMILES string of the molecule is CC(C)(C)OC(=O)CCCCCCCCCCCCCCCCC(=O)N(C(=O)C(CCCCCCCCCCCCCCCC=O)OC(C)(C)C)[C@@H](CCC(=O)NC(C)(C)C(=O)NCCOCCOCC(=O)O)C(=O)OC(C)(C)C. The molecule has 0 aromatic carbocycles. The fraction of sp³-hybridized carbons (Fsp3) is 0.873. The number of carbonyl (C=O) groups is 8. The van der Waals surface area contributed by atoms with Crippen LogP contribution < -0.4 is 10.6 Å². The maximum Gasteiger partial charge on any atom is 0.329 e. The zero-order chi connectivity index (χ0) is 60.3. The molecule has 17 heteroatoms. The largest absolute Gasteiger partial charge is 0.480 e. The summed E-state index contributed by atoms with van der Waals surface area (Å²) in [4.78, 5) is 105. The minimum Gasteiger partial charge on any atom is -0.480 e. The molecule has 0 aliphatic heterocycles. The highest BCUT2D eigenvalue weighted by Crippen LogP contribution is 2.25. The maximum absolute atomic E-state index is 15.0. The van der Waals surface area contributed by atoms with E-state index in [1.165, 1.54) is 84.5 Å². The number of amides is 4. The van der Waals surface area contributed by atoms with Gasteiger partial charge in [-0.2, -0.15) is 0 Å². The van der Waals surface area contributed by atoms with E-state index in [1.54, 1.807) is 20.8 Å². The molecule has 3 N–H and O–H groups in total. The number of carboxylic acid groups (broad SMARTS) is 1. The number of carbonyl (C=O) groups excluding carboxylic acids is 7. The Morgan fingerprint density at radius 3 is 1.39 bits per heavy atom. The smallest absolute Gasteiger partial charge is 0.329 e. The van der Waals surface area contributed by atoms with Gasteiger partial charge in [-0.3, -0.25) is 28.9 Å². The third kappa shape index (κ3) is 44.7. The summed E-state index contributed by atoms with van der Waals surface area (Å²) >= 11 is 0. The summed E-state index contributed by atoms with van der Waals surface area (Å²) in [5.41, 5.74) is -3.55. The number of aliphatic carboxylic acids is 1. The molecule has 0 spiro atoms. The lowest BCUT2D eigenvalue weighted by Crippen LogP contribution is -2.56. The number of hydrogen-bond donors (Lipinski definition) is 3. The molecule has 17 nitrogen and oxygen atoms in total. The Morgan fingerprint density at radius 1 is 0.500 bits per heavy atom. The molecule has 80 heavy (non-hydrogen) atoms. The molecule has 0 bridgehead atoms. The molecule has 0 saturated heterocycles. The molecule has 0 aliphatic rings. The Kier molecular flexibility index (Phi) is 42.4. The molecule has 0 rings (SSSR count). The highest BCUT2D eigenvalue weighted by Gasteiger charge is 2.42. The van der Waals surface area contributed by atoms with Gasteiger partial charge in [0.05, 0.1) is 25.4 Å². The monoisotopic (exact) mass is 1140 g/mol. The summed E-state index contributed by atoms with van der Waals surface area (Å²) in [6.45, 7) is 19.4. The van der Waals surface area contributed by atoms with E-state index in [1.807, 2.05) is 41.5 Å². The fourth-order valence-electron chi connectivity index (χ4n) is 9.24. The highest BCUT2D eigenvalue weighted by atomic mass is 16.6. The van der Waals surface area contributed by atoms with Crippen molar-refractivity contribution in [2.45, 2.75) is 323 Å². The Bertz CT molecular complexity index is 1720. The first-order valence-electron chi connectivity index (χ1n) is 31.1. The Balaban J connectivity index is 5.82. The van der Waals surface area contributed by atoms with E-state index in [2.05, 4.69) is 10.6 Å². The molecule has 0 aliphatic carbocycles. The van der Waals surface area contributed by atoms with Crippen LogP contribution in [0.2, 0.25) is 0 Å². The van der Waals surface area contributed by atoms with Crippen molar-refractivity contribution in [1.82, 2.24) is 15.5 Å². The molecule has 2 atom stereocenters. The number of aldehydes is 1. The summed E-state index contributed by atoms with van der Waals surface area (Å²) < 4.78 is 28.0. The maximum atomic E-state index is 15.0. The molecule has 0 aromatic rings. The van der Waals surface area contributed by atoms with Gasteiger partial charge in [-0.05, 0) is 108 Å². The minimum atomic E-state index is -1.44. The van der Waals surface area contributed by atoms with Crippen molar-refractivity contribution in [2.24, 2.45) is 0 Å². The number of nitrogens with one attached hydrogen (secondary N) is 2. The molecule has 1 unspecified atom stereocenters. The molecule has 0 saturated carbocycles.